The number of carbonyl (C=O) groups excluding carboxylic acids is 2. The Labute approximate surface area is 287 Å². The van der Waals surface area contributed by atoms with Gasteiger partial charge in [0.1, 0.15) is 33.7 Å². The average Bonchev–Trinajstić information content (AvgIpc) is 3.54. The van der Waals surface area contributed by atoms with Crippen molar-refractivity contribution in [1.29, 1.82) is 0 Å². The molecule has 10 nitrogen and oxygen atoms in total. The third-order valence-electron chi connectivity index (χ3n) is 8.04. The Morgan fingerprint density at radius 1 is 1.02 bits per heavy atom. The highest BCUT2D eigenvalue weighted by Gasteiger charge is 2.29. The van der Waals surface area contributed by atoms with Gasteiger partial charge in [0.2, 0.25) is 0 Å². The Kier molecular flexibility index (Phi) is 11.6. The first-order valence-electron chi connectivity index (χ1n) is 14.9. The van der Waals surface area contributed by atoms with E-state index in [1.807, 2.05) is 43.4 Å². The van der Waals surface area contributed by atoms with Crippen molar-refractivity contribution in [3.63, 3.8) is 0 Å². The molecule has 13 heteroatoms. The van der Waals surface area contributed by atoms with Gasteiger partial charge in [-0.25, -0.2) is 9.59 Å². The summed E-state index contributed by atoms with van der Waals surface area (Å²) in [7, 11) is 5.05. The molecule has 2 unspecified atom stereocenters. The van der Waals surface area contributed by atoms with Crippen LogP contribution in [0.15, 0.2) is 73.1 Å². The van der Waals surface area contributed by atoms with E-state index in [2.05, 4.69) is 10.2 Å². The largest absolute Gasteiger partial charge is 0.619 e. The van der Waals surface area contributed by atoms with Crippen molar-refractivity contribution >= 4 is 46.5 Å². The van der Waals surface area contributed by atoms with E-state index in [-0.39, 0.29) is 28.5 Å². The maximum Gasteiger partial charge on any atom is 0.348 e. The predicted octanol–water partition coefficient (Wildman–Crippen LogP) is 5.92. The summed E-state index contributed by atoms with van der Waals surface area (Å²) in [6.45, 7) is 1.66. The highest BCUT2D eigenvalue weighted by molar-refractivity contribution is 7.13. The minimum Gasteiger partial charge on any atom is -0.619 e. The number of rotatable bonds is 14. The first kappa shape index (κ1) is 34.5. The predicted molar refractivity (Wildman–Crippen MR) is 179 cm³/mol. The first-order valence-corrected chi connectivity index (χ1v) is 16.5. The molecule has 1 fully saturated rings. The third-order valence-corrected chi connectivity index (χ3v) is 9.76. The van der Waals surface area contributed by atoms with Gasteiger partial charge in [-0.2, -0.15) is 4.73 Å². The highest BCUT2D eigenvalue weighted by atomic mass is 35.5. The fraction of sp³-hybridized carbons (Fsp3) is 0.324. The van der Waals surface area contributed by atoms with Crippen molar-refractivity contribution in [3.05, 3.63) is 115 Å². The van der Waals surface area contributed by atoms with Crippen LogP contribution in [0.2, 0.25) is 10.0 Å². The number of likely N-dealkylation sites (N-methyl/N-ethyl adjacent to an activating group) is 1. The van der Waals surface area contributed by atoms with Crippen LogP contribution >= 0.6 is 34.5 Å². The lowest BCUT2D eigenvalue weighted by Crippen LogP contribution is -2.48. The fourth-order valence-electron chi connectivity index (χ4n) is 5.19. The quantitative estimate of drug-likeness (QED) is 0.0973. The van der Waals surface area contributed by atoms with Crippen molar-refractivity contribution in [2.45, 2.75) is 37.6 Å². The van der Waals surface area contributed by atoms with Crippen molar-refractivity contribution in [1.82, 2.24) is 10.2 Å². The van der Waals surface area contributed by atoms with E-state index in [1.165, 1.54) is 38.0 Å². The second kappa shape index (κ2) is 15.8. The number of aromatic nitrogens is 1. The molecule has 2 aromatic heterocycles. The molecule has 1 saturated heterocycles. The number of hydrogen-bond donors (Lipinski definition) is 1. The van der Waals surface area contributed by atoms with Gasteiger partial charge in [-0.1, -0.05) is 59.6 Å². The molecular formula is C34H35Cl2N3O7S. The van der Waals surface area contributed by atoms with Crippen LogP contribution in [-0.2, 0) is 27.2 Å². The van der Waals surface area contributed by atoms with E-state index >= 15 is 0 Å². The molecule has 0 bridgehead atoms. The molecule has 1 aliphatic heterocycles. The number of esters is 2. The summed E-state index contributed by atoms with van der Waals surface area (Å²) in [6, 6.07) is 17.6. The molecule has 47 heavy (non-hydrogen) atoms. The molecular weight excluding hydrogens is 665 g/mol. The number of methoxy groups -OCH3 is 2. The zero-order valence-electron chi connectivity index (χ0n) is 26.1. The van der Waals surface area contributed by atoms with Crippen LogP contribution in [0.3, 0.4) is 0 Å². The topological polar surface area (TPSA) is 113 Å². The summed E-state index contributed by atoms with van der Waals surface area (Å²) in [5.74, 6) is 0.0373. The maximum absolute atomic E-state index is 13.5. The first-order chi connectivity index (χ1) is 22.7. The Morgan fingerprint density at radius 3 is 2.38 bits per heavy atom. The standard InChI is InChI=1S/C34H35Cl2N3O7S/c1-38-14-13-23(38)20-45-34(41)32(21-7-5-4-6-8-21)37-17-24-10-12-31(47-24)33(40)46-29(16-25-26(35)18-39(42)19-27(25)36)22-9-11-28(43-2)30(15-22)44-3/h4-12,15,18-19,23,29,32,37H,13-14,16-17,20H2,1-3H3/t23-,29?,32?/m1/s1. The third kappa shape index (κ3) is 8.54. The van der Waals surface area contributed by atoms with E-state index in [4.69, 9.17) is 42.1 Å². The molecule has 4 aromatic rings. The van der Waals surface area contributed by atoms with Crippen LogP contribution in [0.1, 0.15) is 49.8 Å². The average molecular weight is 701 g/mol. The van der Waals surface area contributed by atoms with Crippen molar-refractivity contribution in [2.75, 3.05) is 34.4 Å². The number of hydrogen-bond acceptors (Lipinski definition) is 10. The molecule has 2 aromatic carbocycles. The number of carbonyl (C=O) groups is 2. The minimum absolute atomic E-state index is 0.0943. The lowest BCUT2D eigenvalue weighted by Gasteiger charge is -2.37. The monoisotopic (exact) mass is 699 g/mol. The van der Waals surface area contributed by atoms with E-state index in [0.717, 1.165) is 23.4 Å². The molecule has 0 radical (unpaired) electrons. The van der Waals surface area contributed by atoms with E-state index in [1.54, 1.807) is 24.3 Å². The Bertz CT molecular complexity index is 1680. The Balaban J connectivity index is 1.31. The van der Waals surface area contributed by atoms with Gasteiger partial charge in [-0.05, 0) is 55.4 Å². The molecule has 1 N–H and O–H groups in total. The number of thiophene rings is 1. The SMILES string of the molecule is COc1ccc(C(Cc2c(Cl)c[n+]([O-])cc2Cl)OC(=O)c2ccc(CNC(C(=O)OC[C@H]3CCN3C)c3ccccc3)s2)cc1OC. The number of nitrogens with zero attached hydrogens (tertiary/aromatic N) is 2. The number of pyridine rings is 1. The van der Waals surface area contributed by atoms with Crippen LogP contribution < -0.4 is 19.5 Å². The minimum atomic E-state index is -0.838. The Morgan fingerprint density at radius 2 is 1.74 bits per heavy atom. The zero-order chi connectivity index (χ0) is 33.5. The van der Waals surface area contributed by atoms with Gasteiger partial charge in [0, 0.05) is 29.4 Å². The van der Waals surface area contributed by atoms with Crippen molar-refractivity contribution in [3.8, 4) is 11.5 Å². The maximum atomic E-state index is 13.5. The summed E-state index contributed by atoms with van der Waals surface area (Å²) in [6.07, 6.45) is 2.64. The van der Waals surface area contributed by atoms with Gasteiger partial charge >= 0.3 is 11.9 Å². The second-order valence-electron chi connectivity index (χ2n) is 11.0. The molecule has 3 atom stereocenters. The normalized spacial score (nSPS) is 15.7. The lowest BCUT2D eigenvalue weighted by molar-refractivity contribution is -0.605. The zero-order valence-corrected chi connectivity index (χ0v) is 28.4. The Hall–Kier alpha value is -3.87. The van der Waals surface area contributed by atoms with Gasteiger partial charge in [0.15, 0.2) is 23.9 Å². The molecule has 0 aliphatic carbocycles. The highest BCUT2D eigenvalue weighted by Crippen LogP contribution is 2.36. The van der Waals surface area contributed by atoms with Crippen LogP contribution in [0.4, 0.5) is 0 Å². The number of nitrogens with one attached hydrogen (secondary N) is 1. The number of likely N-dealkylation sites (tertiary alicyclic amines) is 1. The van der Waals surface area contributed by atoms with E-state index in [0.29, 0.717) is 45.4 Å². The van der Waals surface area contributed by atoms with Crippen molar-refractivity contribution < 1.29 is 33.3 Å². The van der Waals surface area contributed by atoms with Gasteiger partial charge < -0.3 is 24.2 Å². The molecule has 1 aliphatic rings. The lowest BCUT2D eigenvalue weighted by atomic mass is 10.0. The van der Waals surface area contributed by atoms with Gasteiger partial charge in [0.05, 0.1) is 14.2 Å². The van der Waals surface area contributed by atoms with Crippen molar-refractivity contribution in [2.24, 2.45) is 0 Å². The van der Waals surface area contributed by atoms with Gasteiger partial charge in [-0.3, -0.25) is 10.2 Å². The van der Waals surface area contributed by atoms with Crippen LogP contribution in [-0.4, -0.2) is 57.3 Å². The summed E-state index contributed by atoms with van der Waals surface area (Å²) < 4.78 is 23.1. The summed E-state index contributed by atoms with van der Waals surface area (Å²) in [4.78, 5) is 30.0. The second-order valence-corrected chi connectivity index (χ2v) is 13.0. The fourth-order valence-corrected chi connectivity index (χ4v) is 6.63. The molecule has 0 amide bonds. The molecule has 0 saturated carbocycles. The van der Waals surface area contributed by atoms with E-state index in [9.17, 15) is 14.8 Å². The number of halogens is 2. The molecule has 3 heterocycles. The molecule has 0 spiro atoms. The van der Waals surface area contributed by atoms with Gasteiger partial charge in [-0.15, -0.1) is 11.3 Å². The number of benzene rings is 2. The molecule has 248 valence electrons. The van der Waals surface area contributed by atoms with Crippen LogP contribution in [0.5, 0.6) is 11.5 Å². The molecule has 5 rings (SSSR count). The summed E-state index contributed by atoms with van der Waals surface area (Å²) in [5, 5.41) is 15.4. The van der Waals surface area contributed by atoms with Gasteiger partial charge in [0.25, 0.3) is 0 Å². The summed E-state index contributed by atoms with van der Waals surface area (Å²) >= 11 is 14.0. The van der Waals surface area contributed by atoms with E-state index < -0.39 is 18.1 Å². The smallest absolute Gasteiger partial charge is 0.348 e. The van der Waals surface area contributed by atoms with Crippen LogP contribution in [0.25, 0.3) is 0 Å². The number of ether oxygens (including phenoxy) is 4. The van der Waals surface area contributed by atoms with Crippen LogP contribution in [0, 0.1) is 5.21 Å². The summed E-state index contributed by atoms with van der Waals surface area (Å²) in [5.41, 5.74) is 1.85.